The van der Waals surface area contributed by atoms with E-state index >= 15 is 0 Å². The Morgan fingerprint density at radius 2 is 1.82 bits per heavy atom. The summed E-state index contributed by atoms with van der Waals surface area (Å²) in [4.78, 5) is 15.6. The largest absolute Gasteiger partial charge is 0.419 e. The number of alkyl halides is 3. The van der Waals surface area contributed by atoms with Crippen LogP contribution in [0, 0.1) is 5.82 Å². The van der Waals surface area contributed by atoms with Gasteiger partial charge in [-0.2, -0.15) is 13.2 Å². The van der Waals surface area contributed by atoms with Crippen molar-refractivity contribution in [1.82, 2.24) is 4.98 Å². The van der Waals surface area contributed by atoms with Gasteiger partial charge in [-0.3, -0.25) is 4.79 Å². The van der Waals surface area contributed by atoms with Gasteiger partial charge in [0.15, 0.2) is 0 Å². The molecule has 1 aromatic carbocycles. The third-order valence-corrected chi connectivity index (χ3v) is 3.07. The van der Waals surface area contributed by atoms with Gasteiger partial charge in [-0.1, -0.05) is 23.2 Å². The molecular weight excluding hydrogens is 347 g/mol. The van der Waals surface area contributed by atoms with Crippen LogP contribution in [0.1, 0.15) is 16.1 Å². The van der Waals surface area contributed by atoms with Gasteiger partial charge in [0, 0.05) is 5.69 Å². The number of hydrogen-bond acceptors (Lipinski definition) is 2. The minimum atomic E-state index is -4.88. The van der Waals surface area contributed by atoms with Crippen molar-refractivity contribution in [2.24, 2.45) is 0 Å². The molecule has 22 heavy (non-hydrogen) atoms. The Morgan fingerprint density at radius 1 is 1.14 bits per heavy atom. The molecule has 1 amide bonds. The third-order valence-electron chi connectivity index (χ3n) is 2.56. The van der Waals surface area contributed by atoms with Crippen molar-refractivity contribution in [2.45, 2.75) is 6.18 Å². The fourth-order valence-corrected chi connectivity index (χ4v) is 1.93. The van der Waals surface area contributed by atoms with Gasteiger partial charge in [0.1, 0.15) is 16.7 Å². The van der Waals surface area contributed by atoms with Gasteiger partial charge in [0.2, 0.25) is 0 Å². The molecule has 0 bridgehead atoms. The van der Waals surface area contributed by atoms with Crippen molar-refractivity contribution in [3.63, 3.8) is 0 Å². The van der Waals surface area contributed by atoms with Crippen molar-refractivity contribution in [2.75, 3.05) is 5.32 Å². The predicted octanol–water partition coefficient (Wildman–Crippen LogP) is 4.80. The lowest BCUT2D eigenvalue weighted by Gasteiger charge is -2.11. The fraction of sp³-hybridized carbons (Fsp3) is 0.0769. The number of carbonyl (C=O) groups is 1. The molecule has 2 rings (SSSR count). The van der Waals surface area contributed by atoms with Crippen LogP contribution in [0.3, 0.4) is 0 Å². The molecule has 116 valence electrons. The zero-order valence-corrected chi connectivity index (χ0v) is 12.0. The lowest BCUT2D eigenvalue weighted by molar-refractivity contribution is -0.139. The van der Waals surface area contributed by atoms with Crippen molar-refractivity contribution in [3.8, 4) is 0 Å². The average molecular weight is 353 g/mol. The number of aromatic nitrogens is 1. The third kappa shape index (κ3) is 3.66. The van der Waals surface area contributed by atoms with Crippen molar-refractivity contribution >= 4 is 34.8 Å². The Labute approximate surface area is 131 Å². The summed E-state index contributed by atoms with van der Waals surface area (Å²) in [6, 6.07) is 4.73. The molecule has 1 aromatic heterocycles. The molecule has 0 radical (unpaired) electrons. The first-order valence-electron chi connectivity index (χ1n) is 5.68. The molecule has 0 saturated heterocycles. The summed E-state index contributed by atoms with van der Waals surface area (Å²) >= 11 is 11.4. The van der Waals surface area contributed by atoms with Gasteiger partial charge in [-0.25, -0.2) is 9.37 Å². The predicted molar refractivity (Wildman–Crippen MR) is 73.6 cm³/mol. The Morgan fingerprint density at radius 3 is 2.45 bits per heavy atom. The summed E-state index contributed by atoms with van der Waals surface area (Å²) in [5.41, 5.74) is -2.00. The number of carbonyl (C=O) groups excluding carboxylic acids is 1. The minimum absolute atomic E-state index is 0.00960. The highest BCUT2D eigenvalue weighted by Gasteiger charge is 2.34. The van der Waals surface area contributed by atoms with Crippen LogP contribution in [0.2, 0.25) is 10.2 Å². The van der Waals surface area contributed by atoms with E-state index in [1.54, 1.807) is 0 Å². The summed E-state index contributed by atoms with van der Waals surface area (Å²) in [6.07, 6.45) is -4.88. The van der Waals surface area contributed by atoms with Crippen LogP contribution in [-0.2, 0) is 6.18 Å². The molecule has 0 unspecified atom stereocenters. The van der Waals surface area contributed by atoms with Gasteiger partial charge >= 0.3 is 6.18 Å². The number of nitrogens with one attached hydrogen (secondary N) is 1. The Bertz CT molecular complexity index is 734. The standard InChI is InChI=1S/C13H6Cl2F4N2O/c14-8-2-4-10(15)21-11(8)12(22)20-6-1-3-9(16)7(5-6)13(17,18)19/h1-5H,(H,20,22). The van der Waals surface area contributed by atoms with Crippen molar-refractivity contribution in [1.29, 1.82) is 0 Å². The minimum Gasteiger partial charge on any atom is -0.321 e. The van der Waals surface area contributed by atoms with Crippen LogP contribution in [0.4, 0.5) is 23.2 Å². The van der Waals surface area contributed by atoms with Gasteiger partial charge in [-0.05, 0) is 30.3 Å². The van der Waals surface area contributed by atoms with E-state index < -0.39 is 23.5 Å². The zero-order valence-electron chi connectivity index (χ0n) is 10.5. The summed E-state index contributed by atoms with van der Waals surface area (Å²) in [7, 11) is 0. The maximum Gasteiger partial charge on any atom is 0.419 e. The highest BCUT2D eigenvalue weighted by Crippen LogP contribution is 2.33. The highest BCUT2D eigenvalue weighted by molar-refractivity contribution is 6.35. The molecule has 1 heterocycles. The average Bonchev–Trinajstić information content (AvgIpc) is 2.42. The number of benzene rings is 1. The molecule has 1 N–H and O–H groups in total. The first-order valence-corrected chi connectivity index (χ1v) is 6.44. The normalized spacial score (nSPS) is 11.4. The topological polar surface area (TPSA) is 42.0 Å². The Kier molecular flexibility index (Phi) is 4.58. The van der Waals surface area contributed by atoms with E-state index in [1.807, 2.05) is 0 Å². The quantitative estimate of drug-likeness (QED) is 0.623. The van der Waals surface area contributed by atoms with Gasteiger partial charge in [-0.15, -0.1) is 0 Å². The molecule has 0 aliphatic rings. The van der Waals surface area contributed by atoms with E-state index in [4.69, 9.17) is 23.2 Å². The van der Waals surface area contributed by atoms with Crippen LogP contribution < -0.4 is 5.32 Å². The van der Waals surface area contributed by atoms with Gasteiger partial charge < -0.3 is 5.32 Å². The number of halogens is 6. The fourth-order valence-electron chi connectivity index (χ4n) is 1.59. The molecular formula is C13H6Cl2F4N2O. The van der Waals surface area contributed by atoms with Crippen molar-refractivity contribution in [3.05, 3.63) is 57.6 Å². The van der Waals surface area contributed by atoms with E-state index in [0.29, 0.717) is 12.1 Å². The lowest BCUT2D eigenvalue weighted by Crippen LogP contribution is -2.16. The molecule has 0 atom stereocenters. The summed E-state index contributed by atoms with van der Waals surface area (Å²) in [5, 5.41) is 2.12. The van der Waals surface area contributed by atoms with E-state index in [1.165, 1.54) is 12.1 Å². The molecule has 2 aromatic rings. The van der Waals surface area contributed by atoms with E-state index in [-0.39, 0.29) is 21.6 Å². The van der Waals surface area contributed by atoms with Crippen LogP contribution in [-0.4, -0.2) is 10.9 Å². The molecule has 0 aliphatic carbocycles. The lowest BCUT2D eigenvalue weighted by atomic mass is 10.1. The second-order valence-corrected chi connectivity index (χ2v) is 4.91. The van der Waals surface area contributed by atoms with E-state index in [2.05, 4.69) is 10.3 Å². The van der Waals surface area contributed by atoms with E-state index in [9.17, 15) is 22.4 Å². The monoisotopic (exact) mass is 352 g/mol. The second kappa shape index (κ2) is 6.10. The SMILES string of the molecule is O=C(Nc1ccc(F)c(C(F)(F)F)c1)c1nc(Cl)ccc1Cl. The Hall–Kier alpha value is -1.86. The number of pyridine rings is 1. The maximum absolute atomic E-state index is 13.2. The van der Waals surface area contributed by atoms with Crippen LogP contribution >= 0.6 is 23.2 Å². The summed E-state index contributed by atoms with van der Waals surface area (Å²) < 4.78 is 51.0. The first kappa shape index (κ1) is 16.5. The number of amides is 1. The maximum atomic E-state index is 13.2. The molecule has 9 heteroatoms. The van der Waals surface area contributed by atoms with Gasteiger partial charge in [0.25, 0.3) is 5.91 Å². The first-order chi connectivity index (χ1) is 10.2. The summed E-state index contributed by atoms with van der Waals surface area (Å²) in [6.45, 7) is 0. The molecule has 0 saturated carbocycles. The highest BCUT2D eigenvalue weighted by atomic mass is 35.5. The smallest absolute Gasteiger partial charge is 0.321 e. The molecule has 0 fully saturated rings. The zero-order chi connectivity index (χ0) is 16.5. The number of rotatable bonds is 2. The number of anilines is 1. The number of hydrogen-bond donors (Lipinski definition) is 1. The second-order valence-electron chi connectivity index (χ2n) is 4.11. The molecule has 0 spiro atoms. The van der Waals surface area contributed by atoms with E-state index in [0.717, 1.165) is 6.07 Å². The van der Waals surface area contributed by atoms with Crippen LogP contribution in [0.25, 0.3) is 0 Å². The van der Waals surface area contributed by atoms with Crippen LogP contribution in [0.5, 0.6) is 0 Å². The summed E-state index contributed by atoms with van der Waals surface area (Å²) in [5.74, 6) is -2.31. The van der Waals surface area contributed by atoms with Gasteiger partial charge in [0.05, 0.1) is 10.6 Å². The molecule has 0 aliphatic heterocycles. The Balaban J connectivity index is 2.31. The van der Waals surface area contributed by atoms with Crippen LogP contribution in [0.15, 0.2) is 30.3 Å². The number of nitrogens with zero attached hydrogens (tertiary/aromatic N) is 1. The van der Waals surface area contributed by atoms with Crippen molar-refractivity contribution < 1.29 is 22.4 Å². The molecule has 3 nitrogen and oxygen atoms in total.